The van der Waals surface area contributed by atoms with Crippen LogP contribution in [0.5, 0.6) is 0 Å². The van der Waals surface area contributed by atoms with Crippen LogP contribution in [0.2, 0.25) is 0 Å². The van der Waals surface area contributed by atoms with Gasteiger partial charge in [0.25, 0.3) is 0 Å². The van der Waals surface area contributed by atoms with E-state index in [9.17, 15) is 0 Å². The number of alkyl halides is 4. The molecule has 0 N–H and O–H groups in total. The lowest BCUT2D eigenvalue weighted by Gasteiger charge is -2.10. The molecule has 1 rings (SSSR count). The number of rotatable bonds is 1. The van der Waals surface area contributed by atoms with Gasteiger partial charge in [0.05, 0.1) is 11.1 Å². The molecule has 0 amide bonds. The predicted molar refractivity (Wildman–Crippen MR) is 57.7 cm³/mol. The maximum absolute atomic E-state index is 5.83. The minimum atomic E-state index is -1.46. The summed E-state index contributed by atoms with van der Waals surface area (Å²) in [6.45, 7) is 1.85. The van der Waals surface area contributed by atoms with E-state index in [1.54, 1.807) is 18.3 Å². The molecule has 0 saturated carbocycles. The van der Waals surface area contributed by atoms with Crippen molar-refractivity contribution in [2.24, 2.45) is 0 Å². The quantitative estimate of drug-likeness (QED) is 0.688. The molecule has 1 heterocycles. The molecule has 1 unspecified atom stereocenters. The van der Waals surface area contributed by atoms with Crippen LogP contribution < -0.4 is 0 Å². The Bertz CT molecular complexity index is 275. The Morgan fingerprint density at radius 3 is 2.23 bits per heavy atom. The fraction of sp³-hybridized carbons (Fsp3) is 0.375. The second kappa shape index (κ2) is 4.22. The van der Waals surface area contributed by atoms with Gasteiger partial charge in [0.2, 0.25) is 3.79 Å². The summed E-state index contributed by atoms with van der Waals surface area (Å²) in [5.74, 6) is 0. The van der Waals surface area contributed by atoms with Crippen molar-refractivity contribution in [3.63, 3.8) is 0 Å². The van der Waals surface area contributed by atoms with Gasteiger partial charge in [-0.3, -0.25) is 4.98 Å². The van der Waals surface area contributed by atoms with Crippen LogP contribution in [-0.4, -0.2) is 4.98 Å². The van der Waals surface area contributed by atoms with Gasteiger partial charge in [0.15, 0.2) is 0 Å². The molecule has 0 fully saturated rings. The first-order valence-electron chi connectivity index (χ1n) is 3.58. The normalized spacial score (nSPS) is 14.2. The molecular weight excluding hydrogens is 252 g/mol. The molecule has 0 aromatic carbocycles. The van der Waals surface area contributed by atoms with E-state index >= 15 is 0 Å². The Labute approximate surface area is 97.0 Å². The van der Waals surface area contributed by atoms with Crippen LogP contribution in [0, 0.1) is 0 Å². The fourth-order valence-corrected chi connectivity index (χ4v) is 1.27. The first-order valence-corrected chi connectivity index (χ1v) is 5.15. The van der Waals surface area contributed by atoms with Gasteiger partial charge in [-0.05, 0) is 18.6 Å². The van der Waals surface area contributed by atoms with Crippen molar-refractivity contribution in [2.75, 3.05) is 0 Å². The number of hydrogen-bond donors (Lipinski definition) is 0. The number of aromatic nitrogens is 1. The van der Waals surface area contributed by atoms with Gasteiger partial charge < -0.3 is 0 Å². The molecule has 13 heavy (non-hydrogen) atoms. The molecule has 0 spiro atoms. The van der Waals surface area contributed by atoms with Crippen LogP contribution in [0.4, 0.5) is 0 Å². The van der Waals surface area contributed by atoms with E-state index in [1.807, 2.05) is 6.92 Å². The van der Waals surface area contributed by atoms with Gasteiger partial charge in [-0.15, -0.1) is 11.6 Å². The lowest BCUT2D eigenvalue weighted by atomic mass is 10.2. The van der Waals surface area contributed by atoms with E-state index in [0.717, 1.165) is 5.56 Å². The molecule has 1 aromatic rings. The topological polar surface area (TPSA) is 12.9 Å². The van der Waals surface area contributed by atoms with E-state index in [1.165, 1.54) is 0 Å². The number of nitrogens with zero attached hydrogens (tertiary/aromatic N) is 1. The molecule has 0 aliphatic heterocycles. The fourth-order valence-electron chi connectivity index (χ4n) is 0.808. The minimum Gasteiger partial charge on any atom is -0.256 e. The molecule has 5 heteroatoms. The minimum absolute atomic E-state index is 0.0862. The zero-order valence-electron chi connectivity index (χ0n) is 6.77. The summed E-state index contributed by atoms with van der Waals surface area (Å²) in [6, 6.07) is 3.45. The van der Waals surface area contributed by atoms with E-state index < -0.39 is 3.79 Å². The van der Waals surface area contributed by atoms with Crippen LogP contribution in [0.25, 0.3) is 0 Å². The molecule has 0 aliphatic rings. The molecule has 72 valence electrons. The van der Waals surface area contributed by atoms with Gasteiger partial charge in [-0.2, -0.15) is 0 Å². The lowest BCUT2D eigenvalue weighted by Crippen LogP contribution is -2.03. The molecule has 0 radical (unpaired) electrons. The zero-order valence-corrected chi connectivity index (χ0v) is 9.79. The molecule has 0 aliphatic carbocycles. The van der Waals surface area contributed by atoms with E-state index in [2.05, 4.69) is 4.98 Å². The monoisotopic (exact) mass is 257 g/mol. The Hall–Kier alpha value is 0.310. The van der Waals surface area contributed by atoms with Crippen LogP contribution in [0.1, 0.15) is 23.6 Å². The van der Waals surface area contributed by atoms with Crippen molar-refractivity contribution in [3.05, 3.63) is 29.6 Å². The van der Waals surface area contributed by atoms with Crippen LogP contribution >= 0.6 is 46.4 Å². The summed E-state index contributed by atoms with van der Waals surface area (Å²) < 4.78 is -1.46. The Morgan fingerprint density at radius 1 is 1.31 bits per heavy atom. The summed E-state index contributed by atoms with van der Waals surface area (Å²) >= 11 is 22.7. The van der Waals surface area contributed by atoms with Crippen LogP contribution in [0.15, 0.2) is 18.3 Å². The van der Waals surface area contributed by atoms with Crippen molar-refractivity contribution >= 4 is 46.4 Å². The third-order valence-corrected chi connectivity index (χ3v) is 2.37. The Kier molecular flexibility index (Phi) is 3.70. The highest BCUT2D eigenvalue weighted by Gasteiger charge is 2.24. The highest BCUT2D eigenvalue weighted by atomic mass is 35.6. The average molecular weight is 259 g/mol. The zero-order chi connectivity index (χ0) is 10.1. The first-order chi connectivity index (χ1) is 5.91. The molecule has 0 saturated heterocycles. The predicted octanol–water partition coefficient (Wildman–Crippen LogP) is 4.21. The SMILES string of the molecule is CC(Cl)c1ccc(C(Cl)(Cl)Cl)nc1. The van der Waals surface area contributed by atoms with E-state index in [-0.39, 0.29) is 5.38 Å². The van der Waals surface area contributed by atoms with E-state index in [4.69, 9.17) is 46.4 Å². The van der Waals surface area contributed by atoms with Crippen molar-refractivity contribution in [1.29, 1.82) is 0 Å². The Morgan fingerprint density at radius 2 is 1.92 bits per heavy atom. The second-order valence-corrected chi connectivity index (χ2v) is 5.53. The van der Waals surface area contributed by atoms with Crippen LogP contribution in [0.3, 0.4) is 0 Å². The largest absolute Gasteiger partial charge is 0.256 e. The third kappa shape index (κ3) is 3.17. The molecule has 1 nitrogen and oxygen atoms in total. The van der Waals surface area contributed by atoms with Crippen molar-refractivity contribution in [1.82, 2.24) is 4.98 Å². The maximum Gasteiger partial charge on any atom is 0.232 e. The summed E-state index contributed by atoms with van der Waals surface area (Å²) in [4.78, 5) is 3.99. The molecule has 1 aromatic heterocycles. The van der Waals surface area contributed by atoms with Crippen molar-refractivity contribution in [2.45, 2.75) is 16.1 Å². The van der Waals surface area contributed by atoms with Gasteiger partial charge in [-0.1, -0.05) is 40.9 Å². The number of hydrogen-bond acceptors (Lipinski definition) is 1. The van der Waals surface area contributed by atoms with Gasteiger partial charge in [0, 0.05) is 6.20 Å². The van der Waals surface area contributed by atoms with Gasteiger partial charge in [0.1, 0.15) is 0 Å². The Balaban J connectivity index is 2.94. The molecular formula is C8H7Cl4N. The standard InChI is InChI=1S/C8H7Cl4N/c1-5(9)6-2-3-7(13-4-6)8(10,11)12/h2-5H,1H3. The molecule has 1 atom stereocenters. The van der Waals surface area contributed by atoms with Crippen molar-refractivity contribution < 1.29 is 0 Å². The van der Waals surface area contributed by atoms with E-state index in [0.29, 0.717) is 5.69 Å². The average Bonchev–Trinajstić information content (AvgIpc) is 2.03. The highest BCUT2D eigenvalue weighted by molar-refractivity contribution is 6.66. The summed E-state index contributed by atoms with van der Waals surface area (Å²) in [5, 5.41) is -0.0862. The molecule has 0 bridgehead atoms. The lowest BCUT2D eigenvalue weighted by molar-refractivity contribution is 1.01. The maximum atomic E-state index is 5.83. The summed E-state index contributed by atoms with van der Waals surface area (Å²) in [6.07, 6.45) is 1.61. The first kappa shape index (κ1) is 11.4. The second-order valence-electron chi connectivity index (χ2n) is 2.59. The van der Waals surface area contributed by atoms with Crippen LogP contribution in [-0.2, 0) is 3.79 Å². The van der Waals surface area contributed by atoms with Gasteiger partial charge >= 0.3 is 0 Å². The smallest absolute Gasteiger partial charge is 0.232 e. The summed E-state index contributed by atoms with van der Waals surface area (Å²) in [7, 11) is 0. The number of halogens is 4. The third-order valence-electron chi connectivity index (χ3n) is 1.54. The van der Waals surface area contributed by atoms with Crippen molar-refractivity contribution in [3.8, 4) is 0 Å². The summed E-state index contributed by atoms with van der Waals surface area (Å²) in [5.41, 5.74) is 1.30. The number of pyridine rings is 1. The van der Waals surface area contributed by atoms with Gasteiger partial charge in [-0.25, -0.2) is 0 Å². The highest BCUT2D eigenvalue weighted by Crippen LogP contribution is 2.37.